The molecule has 100 valence electrons. The summed E-state index contributed by atoms with van der Waals surface area (Å²) < 4.78 is 32.4. The summed E-state index contributed by atoms with van der Waals surface area (Å²) in [5.74, 6) is -1.17. The first-order valence-corrected chi connectivity index (χ1v) is 5.67. The number of benzene rings is 1. The van der Waals surface area contributed by atoms with Crippen LogP contribution >= 0.6 is 0 Å². The molecule has 19 heavy (non-hydrogen) atoms. The summed E-state index contributed by atoms with van der Waals surface area (Å²) in [5.41, 5.74) is 0.202. The van der Waals surface area contributed by atoms with Crippen molar-refractivity contribution in [1.29, 1.82) is 0 Å². The minimum Gasteiger partial charge on any atom is -0.481 e. The number of methoxy groups -OCH3 is 1. The molecule has 1 N–H and O–H groups in total. The second-order valence-corrected chi connectivity index (χ2v) is 4.13. The SMILES string of the molecule is COc1ccc(C(O)c2c(F)ccc(C)c2F)cn1. The van der Waals surface area contributed by atoms with Crippen LogP contribution in [0.2, 0.25) is 0 Å². The predicted octanol–water partition coefficient (Wildman–Crippen LogP) is 2.76. The fourth-order valence-corrected chi connectivity index (χ4v) is 1.77. The number of aryl methyl sites for hydroxylation is 1. The molecule has 1 unspecified atom stereocenters. The van der Waals surface area contributed by atoms with Crippen LogP contribution in [0.25, 0.3) is 0 Å². The van der Waals surface area contributed by atoms with Gasteiger partial charge in [-0.3, -0.25) is 0 Å². The van der Waals surface area contributed by atoms with Gasteiger partial charge in [-0.1, -0.05) is 6.07 Å². The number of hydrogen-bond donors (Lipinski definition) is 1. The molecule has 1 heterocycles. The van der Waals surface area contributed by atoms with Crippen LogP contribution < -0.4 is 4.74 Å². The molecule has 0 bridgehead atoms. The lowest BCUT2D eigenvalue weighted by Gasteiger charge is -2.14. The van der Waals surface area contributed by atoms with Gasteiger partial charge in [0, 0.05) is 17.8 Å². The smallest absolute Gasteiger partial charge is 0.212 e. The van der Waals surface area contributed by atoms with Crippen molar-refractivity contribution in [2.24, 2.45) is 0 Å². The van der Waals surface area contributed by atoms with Crippen LogP contribution in [-0.4, -0.2) is 17.2 Å². The average molecular weight is 265 g/mol. The Labute approximate surface area is 109 Å². The molecule has 0 radical (unpaired) electrons. The van der Waals surface area contributed by atoms with Crippen LogP contribution in [0, 0.1) is 18.6 Å². The molecule has 1 atom stereocenters. The number of ether oxygens (including phenoxy) is 1. The minimum atomic E-state index is -1.40. The quantitative estimate of drug-likeness (QED) is 0.927. The standard InChI is InChI=1S/C14H13F2NO2/c1-8-3-5-10(15)12(13(8)16)14(18)9-4-6-11(19-2)17-7-9/h3-7,14,18H,1-2H3. The van der Waals surface area contributed by atoms with E-state index < -0.39 is 17.7 Å². The number of rotatable bonds is 3. The van der Waals surface area contributed by atoms with Gasteiger partial charge in [-0.15, -0.1) is 0 Å². The van der Waals surface area contributed by atoms with Gasteiger partial charge in [0.15, 0.2) is 0 Å². The van der Waals surface area contributed by atoms with Gasteiger partial charge < -0.3 is 9.84 Å². The lowest BCUT2D eigenvalue weighted by Crippen LogP contribution is -2.07. The number of halogens is 2. The van der Waals surface area contributed by atoms with Crippen LogP contribution in [0.5, 0.6) is 5.88 Å². The Morgan fingerprint density at radius 1 is 1.21 bits per heavy atom. The maximum atomic E-state index is 13.9. The highest BCUT2D eigenvalue weighted by Gasteiger charge is 2.21. The van der Waals surface area contributed by atoms with E-state index in [1.807, 2.05) is 0 Å². The van der Waals surface area contributed by atoms with E-state index in [4.69, 9.17) is 4.74 Å². The Morgan fingerprint density at radius 2 is 1.95 bits per heavy atom. The van der Waals surface area contributed by atoms with Crippen LogP contribution in [0.3, 0.4) is 0 Å². The Hall–Kier alpha value is -2.01. The Bertz CT molecular complexity index is 585. The zero-order chi connectivity index (χ0) is 14.0. The molecular formula is C14H13F2NO2. The third-order valence-corrected chi connectivity index (χ3v) is 2.88. The second kappa shape index (κ2) is 5.32. The van der Waals surface area contributed by atoms with E-state index in [9.17, 15) is 13.9 Å². The molecule has 0 aliphatic carbocycles. The van der Waals surface area contributed by atoms with E-state index in [0.29, 0.717) is 11.4 Å². The highest BCUT2D eigenvalue weighted by Crippen LogP contribution is 2.28. The van der Waals surface area contributed by atoms with Crippen molar-refractivity contribution in [3.8, 4) is 5.88 Å². The first kappa shape index (κ1) is 13.4. The molecule has 3 nitrogen and oxygen atoms in total. The molecule has 5 heteroatoms. The number of aromatic nitrogens is 1. The number of pyridine rings is 1. The van der Waals surface area contributed by atoms with Gasteiger partial charge >= 0.3 is 0 Å². The van der Waals surface area contributed by atoms with Crippen LogP contribution in [0.15, 0.2) is 30.5 Å². The predicted molar refractivity (Wildman–Crippen MR) is 65.9 cm³/mol. The van der Waals surface area contributed by atoms with Crippen LogP contribution in [0.1, 0.15) is 22.8 Å². The summed E-state index contributed by atoms with van der Waals surface area (Å²) in [6, 6.07) is 5.49. The van der Waals surface area contributed by atoms with Crippen molar-refractivity contribution in [2.45, 2.75) is 13.0 Å². The summed E-state index contributed by atoms with van der Waals surface area (Å²) in [5, 5.41) is 10.1. The molecule has 2 rings (SSSR count). The van der Waals surface area contributed by atoms with Gasteiger partial charge in [0.25, 0.3) is 0 Å². The number of aliphatic hydroxyl groups is 1. The summed E-state index contributed by atoms with van der Waals surface area (Å²) in [7, 11) is 1.46. The minimum absolute atomic E-state index is 0.275. The van der Waals surface area contributed by atoms with Crippen molar-refractivity contribution >= 4 is 0 Å². The normalized spacial score (nSPS) is 12.3. The van der Waals surface area contributed by atoms with Gasteiger partial charge in [0.05, 0.1) is 12.7 Å². The summed E-state index contributed by atoms with van der Waals surface area (Å²) in [4.78, 5) is 3.90. The third-order valence-electron chi connectivity index (χ3n) is 2.88. The Kier molecular flexibility index (Phi) is 3.76. The van der Waals surface area contributed by atoms with Gasteiger partial charge in [-0.25, -0.2) is 13.8 Å². The zero-order valence-corrected chi connectivity index (χ0v) is 10.5. The van der Waals surface area contributed by atoms with Crippen molar-refractivity contribution in [1.82, 2.24) is 4.98 Å². The maximum absolute atomic E-state index is 13.9. The number of hydrogen-bond acceptors (Lipinski definition) is 3. The van der Waals surface area contributed by atoms with E-state index >= 15 is 0 Å². The second-order valence-electron chi connectivity index (χ2n) is 4.13. The number of nitrogens with zero attached hydrogens (tertiary/aromatic N) is 1. The molecule has 0 saturated carbocycles. The first-order valence-electron chi connectivity index (χ1n) is 5.67. The highest BCUT2D eigenvalue weighted by molar-refractivity contribution is 5.34. The molecule has 1 aromatic carbocycles. The molecule has 0 amide bonds. The van der Waals surface area contributed by atoms with Gasteiger partial charge in [-0.2, -0.15) is 0 Å². The van der Waals surface area contributed by atoms with E-state index in [-0.39, 0.29) is 11.1 Å². The van der Waals surface area contributed by atoms with E-state index in [0.717, 1.165) is 6.07 Å². The third kappa shape index (κ3) is 2.56. The summed E-state index contributed by atoms with van der Waals surface area (Å²) in [6.07, 6.45) is -0.0802. The van der Waals surface area contributed by atoms with Crippen molar-refractivity contribution in [3.63, 3.8) is 0 Å². The monoisotopic (exact) mass is 265 g/mol. The first-order chi connectivity index (χ1) is 9.04. The fraction of sp³-hybridized carbons (Fsp3) is 0.214. The molecular weight excluding hydrogens is 252 g/mol. The Morgan fingerprint density at radius 3 is 2.53 bits per heavy atom. The molecule has 0 aliphatic rings. The van der Waals surface area contributed by atoms with Gasteiger partial charge in [-0.05, 0) is 24.6 Å². The lowest BCUT2D eigenvalue weighted by atomic mass is 10.00. The summed E-state index contributed by atoms with van der Waals surface area (Å²) in [6.45, 7) is 1.51. The molecule has 1 aromatic heterocycles. The van der Waals surface area contributed by atoms with E-state index in [1.54, 1.807) is 0 Å². The largest absolute Gasteiger partial charge is 0.481 e. The molecule has 0 spiro atoms. The Balaban J connectivity index is 2.43. The van der Waals surface area contributed by atoms with Gasteiger partial charge in [0.2, 0.25) is 5.88 Å². The maximum Gasteiger partial charge on any atom is 0.212 e. The van der Waals surface area contributed by atoms with E-state index in [2.05, 4.69) is 4.98 Å². The topological polar surface area (TPSA) is 42.4 Å². The molecule has 0 aliphatic heterocycles. The van der Waals surface area contributed by atoms with Crippen LogP contribution in [0.4, 0.5) is 8.78 Å². The zero-order valence-electron chi connectivity index (χ0n) is 10.5. The average Bonchev–Trinajstić information content (AvgIpc) is 2.43. The van der Waals surface area contributed by atoms with Crippen molar-refractivity contribution < 1.29 is 18.6 Å². The summed E-state index contributed by atoms with van der Waals surface area (Å²) >= 11 is 0. The van der Waals surface area contributed by atoms with Gasteiger partial charge in [0.1, 0.15) is 17.7 Å². The molecule has 2 aromatic rings. The van der Waals surface area contributed by atoms with Crippen molar-refractivity contribution in [2.75, 3.05) is 7.11 Å². The van der Waals surface area contributed by atoms with Crippen LogP contribution in [-0.2, 0) is 0 Å². The fourth-order valence-electron chi connectivity index (χ4n) is 1.77. The lowest BCUT2D eigenvalue weighted by molar-refractivity contribution is 0.208. The van der Waals surface area contributed by atoms with Crippen molar-refractivity contribution in [3.05, 3.63) is 58.8 Å². The molecule has 0 fully saturated rings. The molecule has 0 saturated heterocycles. The highest BCUT2D eigenvalue weighted by atomic mass is 19.1. The van der Waals surface area contributed by atoms with E-state index in [1.165, 1.54) is 38.4 Å². The number of aliphatic hydroxyl groups excluding tert-OH is 1.